The molecule has 0 radical (unpaired) electrons. The zero-order chi connectivity index (χ0) is 34.4. The van der Waals surface area contributed by atoms with Crippen molar-refractivity contribution in [2.45, 2.75) is 101 Å². The average molecular weight is 619 g/mol. The largest absolute Gasteiger partial charge is 0.506 e. The monoisotopic (exact) mass is 618 g/mol. The van der Waals surface area contributed by atoms with Gasteiger partial charge in [-0.3, -0.25) is 14.4 Å². The molecule has 45 heavy (non-hydrogen) atoms. The number of aromatic hydroxyl groups is 2. The van der Waals surface area contributed by atoms with E-state index in [0.717, 1.165) is 28.4 Å². The van der Waals surface area contributed by atoms with Gasteiger partial charge in [-0.1, -0.05) is 74.3 Å². The van der Waals surface area contributed by atoms with Crippen molar-refractivity contribution in [3.63, 3.8) is 0 Å². The number of carbonyl (C=O) groups is 3. The van der Waals surface area contributed by atoms with Crippen molar-refractivity contribution in [3.8, 4) is 11.5 Å². The molecule has 0 aromatic heterocycles. The van der Waals surface area contributed by atoms with Gasteiger partial charge in [0.05, 0.1) is 5.92 Å². The Labute approximate surface area is 270 Å². The first-order valence-electron chi connectivity index (χ1n) is 16.0. The van der Waals surface area contributed by atoms with E-state index in [1.165, 1.54) is 12.1 Å². The van der Waals surface area contributed by atoms with Crippen LogP contribution in [0.15, 0.2) is 70.9 Å². The van der Waals surface area contributed by atoms with Crippen molar-refractivity contribution in [1.82, 2.24) is 0 Å². The molecule has 1 saturated carbocycles. The molecule has 1 aliphatic rings. The average Bonchev–Trinajstić information content (AvgIpc) is 2.93. The molecule has 246 valence electrons. The van der Waals surface area contributed by atoms with Crippen LogP contribution in [0.5, 0.6) is 11.5 Å². The Morgan fingerprint density at radius 1 is 0.911 bits per heavy atom. The van der Waals surface area contributed by atoms with Gasteiger partial charge >= 0.3 is 0 Å². The first-order chi connectivity index (χ1) is 20.8. The number of phenols is 2. The molecular weight excluding hydrogens is 564 g/mol. The minimum atomic E-state index is -1.66. The quantitative estimate of drug-likeness (QED) is 0.0507. The molecule has 0 spiro atoms. The van der Waals surface area contributed by atoms with Crippen molar-refractivity contribution >= 4 is 23.1 Å². The molecule has 2 unspecified atom stereocenters. The van der Waals surface area contributed by atoms with Crippen molar-refractivity contribution in [1.29, 1.82) is 0 Å². The normalized spacial score (nSPS) is 21.1. The van der Waals surface area contributed by atoms with Gasteiger partial charge in [0.1, 0.15) is 16.7 Å². The molecule has 0 saturated heterocycles. The standard InChI is InChI=1S/C39H54O6/c1-12-29(17-14-24(4)5)38(10,11)39(20-19-25(6)7)36(44)30(21-27(26(8)9)15-13-23(2)3)35(43)33(37(39)45)34(42)28-16-18-31(40)32(41)22-28/h13-14,16,18-19,22,27,29-30,40-42H,8,12,15,17,20-21H2,1-7,9-11H3/t27-,29-,30?,39?/m0/s1. The predicted molar refractivity (Wildman–Crippen MR) is 183 cm³/mol. The Bertz CT molecular complexity index is 1440. The van der Waals surface area contributed by atoms with Crippen LogP contribution in [0.4, 0.5) is 0 Å². The van der Waals surface area contributed by atoms with E-state index in [4.69, 9.17) is 0 Å². The van der Waals surface area contributed by atoms with Crippen LogP contribution in [0.3, 0.4) is 0 Å². The molecule has 1 aromatic carbocycles. The molecule has 4 atom stereocenters. The van der Waals surface area contributed by atoms with E-state index in [1.807, 2.05) is 75.3 Å². The lowest BCUT2D eigenvalue weighted by Crippen LogP contribution is -2.61. The maximum atomic E-state index is 15.1. The number of phenolic OH excluding ortho intramolecular Hbond substituents is 2. The molecule has 1 fully saturated rings. The Morgan fingerprint density at radius 3 is 1.96 bits per heavy atom. The van der Waals surface area contributed by atoms with Crippen molar-refractivity contribution < 1.29 is 29.7 Å². The van der Waals surface area contributed by atoms with Crippen LogP contribution in [0, 0.1) is 28.6 Å². The summed E-state index contributed by atoms with van der Waals surface area (Å²) in [6, 6.07) is 3.63. The third-order valence-corrected chi connectivity index (χ3v) is 9.67. The van der Waals surface area contributed by atoms with Gasteiger partial charge in [-0.2, -0.15) is 0 Å². The van der Waals surface area contributed by atoms with Gasteiger partial charge in [0, 0.05) is 5.56 Å². The number of aliphatic hydroxyl groups excluding tert-OH is 1. The molecule has 0 heterocycles. The fourth-order valence-electron chi connectivity index (χ4n) is 6.56. The Balaban J connectivity index is 3.04. The second kappa shape index (κ2) is 15.1. The highest BCUT2D eigenvalue weighted by molar-refractivity contribution is 6.39. The van der Waals surface area contributed by atoms with Crippen LogP contribution in [-0.2, 0) is 14.4 Å². The van der Waals surface area contributed by atoms with E-state index in [-0.39, 0.29) is 30.2 Å². The van der Waals surface area contributed by atoms with Crippen LogP contribution >= 0.6 is 0 Å². The summed E-state index contributed by atoms with van der Waals surface area (Å²) >= 11 is 0. The lowest BCUT2D eigenvalue weighted by atomic mass is 9.47. The maximum absolute atomic E-state index is 15.1. The molecule has 0 amide bonds. The SMILES string of the molecule is C=C(C)[C@@H](CC=C(C)C)CC1C(=O)C(=C(O)c2ccc(O)c(O)c2)C(=O)C(CC=C(C)C)(C(C)(C)[C@@H](CC)CC=C(C)C)C1=O. The van der Waals surface area contributed by atoms with E-state index < -0.39 is 56.9 Å². The van der Waals surface area contributed by atoms with Crippen molar-refractivity contribution in [2.75, 3.05) is 0 Å². The summed E-state index contributed by atoms with van der Waals surface area (Å²) < 4.78 is 0. The second-order valence-corrected chi connectivity index (χ2v) is 14.1. The van der Waals surface area contributed by atoms with Crippen LogP contribution in [0.1, 0.15) is 107 Å². The van der Waals surface area contributed by atoms with Gasteiger partial charge in [0.15, 0.2) is 28.8 Å². The molecule has 1 aromatic rings. The summed E-state index contributed by atoms with van der Waals surface area (Å²) in [6.45, 7) is 23.8. The van der Waals surface area contributed by atoms with Crippen molar-refractivity contribution in [2.24, 2.45) is 28.6 Å². The highest BCUT2D eigenvalue weighted by Gasteiger charge is 2.64. The molecule has 0 aliphatic heterocycles. The topological polar surface area (TPSA) is 112 Å². The van der Waals surface area contributed by atoms with Gasteiger partial charge in [0.25, 0.3) is 0 Å². The van der Waals surface area contributed by atoms with E-state index >= 15 is 4.79 Å². The molecule has 2 rings (SSSR count). The number of benzene rings is 1. The number of rotatable bonds is 13. The van der Waals surface area contributed by atoms with E-state index in [2.05, 4.69) is 18.7 Å². The predicted octanol–water partition coefficient (Wildman–Crippen LogP) is 9.39. The number of carbonyl (C=O) groups excluding carboxylic acids is 3. The summed E-state index contributed by atoms with van der Waals surface area (Å²) in [5.74, 6) is -4.84. The smallest absolute Gasteiger partial charge is 0.184 e. The molecular formula is C39H54O6. The van der Waals surface area contributed by atoms with Gasteiger partial charge in [-0.25, -0.2) is 0 Å². The lowest BCUT2D eigenvalue weighted by molar-refractivity contribution is -0.159. The maximum Gasteiger partial charge on any atom is 0.184 e. The van der Waals surface area contributed by atoms with Crippen LogP contribution in [0.2, 0.25) is 0 Å². The van der Waals surface area contributed by atoms with Gasteiger partial charge in [-0.15, -0.1) is 0 Å². The molecule has 6 nitrogen and oxygen atoms in total. The first kappa shape index (κ1) is 37.5. The van der Waals surface area contributed by atoms with Crippen LogP contribution < -0.4 is 0 Å². The molecule has 0 bridgehead atoms. The van der Waals surface area contributed by atoms with E-state index in [1.54, 1.807) is 0 Å². The Kier molecular flexibility index (Phi) is 12.6. The Hall–Kier alpha value is -3.67. The van der Waals surface area contributed by atoms with Gasteiger partial charge in [-0.05, 0) is 110 Å². The van der Waals surface area contributed by atoms with E-state index in [9.17, 15) is 24.9 Å². The second-order valence-electron chi connectivity index (χ2n) is 14.1. The first-order valence-corrected chi connectivity index (χ1v) is 16.0. The minimum absolute atomic E-state index is 0.00148. The van der Waals surface area contributed by atoms with E-state index in [0.29, 0.717) is 19.3 Å². The zero-order valence-electron chi connectivity index (χ0n) is 29.0. The summed E-state index contributed by atoms with van der Waals surface area (Å²) in [4.78, 5) is 44.4. The number of aliphatic hydroxyl groups is 1. The fourth-order valence-corrected chi connectivity index (χ4v) is 6.56. The summed E-state index contributed by atoms with van der Waals surface area (Å²) in [5, 5.41) is 31.8. The molecule has 1 aliphatic carbocycles. The summed E-state index contributed by atoms with van der Waals surface area (Å²) in [5.41, 5.74) is 0.982. The number of Topliss-reactive ketones (excluding diaryl/α,β-unsaturated/α-hetero) is 3. The highest BCUT2D eigenvalue weighted by Crippen LogP contribution is 2.57. The van der Waals surface area contributed by atoms with Crippen molar-refractivity contribution in [3.05, 3.63) is 76.4 Å². The number of ketones is 3. The molecule has 6 heteroatoms. The third kappa shape index (κ3) is 7.95. The lowest BCUT2D eigenvalue weighted by Gasteiger charge is -2.52. The molecule has 3 N–H and O–H groups in total. The minimum Gasteiger partial charge on any atom is -0.506 e. The van der Waals surface area contributed by atoms with Crippen LogP contribution in [-0.4, -0.2) is 32.7 Å². The number of allylic oxidation sites excluding steroid dienone is 8. The van der Waals surface area contributed by atoms with Gasteiger partial charge in [0.2, 0.25) is 0 Å². The number of hydrogen-bond acceptors (Lipinski definition) is 6. The van der Waals surface area contributed by atoms with Gasteiger partial charge < -0.3 is 15.3 Å². The highest BCUT2D eigenvalue weighted by atomic mass is 16.3. The summed E-state index contributed by atoms with van der Waals surface area (Å²) in [6.07, 6.45) is 8.22. The Morgan fingerprint density at radius 2 is 1.47 bits per heavy atom. The number of hydrogen-bond donors (Lipinski definition) is 3. The zero-order valence-corrected chi connectivity index (χ0v) is 29.0. The van der Waals surface area contributed by atoms with Crippen LogP contribution in [0.25, 0.3) is 5.76 Å². The summed E-state index contributed by atoms with van der Waals surface area (Å²) in [7, 11) is 0. The third-order valence-electron chi connectivity index (χ3n) is 9.67. The fraction of sp³-hybridized carbons (Fsp3) is 0.513.